The molecule has 0 spiro atoms. The fraction of sp³-hybridized carbons (Fsp3) is 0.667. The van der Waals surface area contributed by atoms with Crippen LogP contribution in [0.1, 0.15) is 91.3 Å². The van der Waals surface area contributed by atoms with Crippen molar-refractivity contribution in [2.24, 2.45) is 16.6 Å². The summed E-state index contributed by atoms with van der Waals surface area (Å²) in [6.45, 7) is 13.4. The second kappa shape index (κ2) is 17.6. The van der Waals surface area contributed by atoms with Gasteiger partial charge in [0, 0.05) is 18.9 Å². The Morgan fingerprint density at radius 2 is 1.43 bits per heavy atom. The van der Waals surface area contributed by atoms with Crippen LogP contribution >= 0.6 is 0 Å². The van der Waals surface area contributed by atoms with Crippen LogP contribution in [0, 0.1) is 23.0 Å². The van der Waals surface area contributed by atoms with Gasteiger partial charge in [-0.15, -0.1) is 0 Å². The van der Waals surface area contributed by atoms with Gasteiger partial charge in [0.2, 0.25) is 29.5 Å². The molecule has 53 heavy (non-hydrogen) atoms. The predicted molar refractivity (Wildman–Crippen MR) is 199 cm³/mol. The van der Waals surface area contributed by atoms with Gasteiger partial charge < -0.3 is 46.3 Å². The lowest BCUT2D eigenvalue weighted by atomic mass is 9.85. The molecule has 3 aliphatic rings. The number of fused-ring (bicyclic) bond motifs is 1. The summed E-state index contributed by atoms with van der Waals surface area (Å²) in [5.41, 5.74) is 6.60. The molecule has 0 aromatic heterocycles. The molecule has 2 fully saturated rings. The molecule has 14 nitrogen and oxygen atoms in total. The van der Waals surface area contributed by atoms with Crippen molar-refractivity contribution in [1.82, 2.24) is 31.1 Å². The lowest BCUT2D eigenvalue weighted by molar-refractivity contribution is -0.144. The van der Waals surface area contributed by atoms with Gasteiger partial charge in [0.1, 0.15) is 30.3 Å². The highest BCUT2D eigenvalue weighted by Crippen LogP contribution is 2.32. The van der Waals surface area contributed by atoms with Crippen LogP contribution in [0.15, 0.2) is 24.3 Å². The van der Waals surface area contributed by atoms with Gasteiger partial charge in [-0.05, 0) is 55.2 Å². The Hall–Kier alpha value is -4.35. The van der Waals surface area contributed by atoms with Crippen LogP contribution in [0.25, 0.3) is 0 Å². The molecule has 7 atom stereocenters. The number of nitrogens with zero attached hydrogens (tertiary/aromatic N) is 2. The van der Waals surface area contributed by atoms with Crippen molar-refractivity contribution in [2.45, 2.75) is 123 Å². The number of carbonyl (C=O) groups excluding carboxylic acids is 5. The van der Waals surface area contributed by atoms with Crippen molar-refractivity contribution >= 4 is 29.5 Å². The van der Waals surface area contributed by atoms with E-state index >= 15 is 0 Å². The maximum absolute atomic E-state index is 14.2. The third kappa shape index (κ3) is 10.6. The molecule has 1 aromatic carbocycles. The lowest BCUT2D eigenvalue weighted by Crippen LogP contribution is -2.58. The Labute approximate surface area is 314 Å². The molecule has 0 saturated carbocycles. The minimum absolute atomic E-state index is 0.0416. The largest absolute Gasteiger partial charge is 0.439 e. The Bertz CT molecular complexity index is 1560. The molecule has 0 bridgehead atoms. The van der Waals surface area contributed by atoms with Crippen molar-refractivity contribution < 1.29 is 33.4 Å². The summed E-state index contributed by atoms with van der Waals surface area (Å²) in [6, 6.07) is 5.26. The van der Waals surface area contributed by atoms with Gasteiger partial charge in [0.25, 0.3) is 0 Å². The van der Waals surface area contributed by atoms with Crippen molar-refractivity contribution in [1.29, 1.82) is 0 Å². The van der Waals surface area contributed by atoms with Gasteiger partial charge in [0.05, 0.1) is 32.2 Å². The molecule has 2 saturated heterocycles. The molecular formula is C39H59N7O7. The Kier molecular flexibility index (Phi) is 13.8. The maximum Gasteiger partial charge on any atom is 0.246 e. The first-order valence-electron chi connectivity index (χ1n) is 18.7. The van der Waals surface area contributed by atoms with Crippen molar-refractivity contribution in [3.05, 3.63) is 35.4 Å². The quantitative estimate of drug-likeness (QED) is 0.209. The van der Waals surface area contributed by atoms with Crippen LogP contribution in [-0.2, 0) is 39.9 Å². The smallest absolute Gasteiger partial charge is 0.246 e. The van der Waals surface area contributed by atoms with Crippen LogP contribution in [-0.4, -0.2) is 109 Å². The third-order valence-corrected chi connectivity index (χ3v) is 10.2. The average molecular weight is 738 g/mol. The van der Waals surface area contributed by atoms with Crippen LogP contribution < -0.4 is 27.0 Å². The summed E-state index contributed by atoms with van der Waals surface area (Å²) in [4.78, 5) is 69.7. The number of hydrogen-bond donors (Lipinski definition) is 5. The molecule has 1 aromatic rings. The number of amides is 5. The van der Waals surface area contributed by atoms with E-state index in [2.05, 4.69) is 39.5 Å². The molecule has 4 rings (SSSR count). The zero-order valence-electron chi connectivity index (χ0n) is 32.5. The second-order valence-corrected chi connectivity index (χ2v) is 16.6. The minimum atomic E-state index is -0.890. The molecule has 2 aliphatic heterocycles. The van der Waals surface area contributed by atoms with Crippen molar-refractivity contribution in [3.8, 4) is 12.2 Å². The summed E-state index contributed by atoms with van der Waals surface area (Å²) in [5, 5.41) is 11.6. The summed E-state index contributed by atoms with van der Waals surface area (Å²) in [6.07, 6.45) is 7.67. The fourth-order valence-electron chi connectivity index (χ4n) is 7.36. The number of benzene rings is 1. The minimum Gasteiger partial charge on any atom is -0.439 e. The van der Waals surface area contributed by atoms with Gasteiger partial charge in [-0.1, -0.05) is 65.8 Å². The number of likely N-dealkylation sites (tertiary alicyclic amines) is 2. The highest BCUT2D eigenvalue weighted by atomic mass is 16.5. The molecule has 5 amide bonds. The van der Waals surface area contributed by atoms with Crippen LogP contribution in [0.4, 0.5) is 0 Å². The SMILES string of the molecule is CNCC(=O)NC(C(=O)N1CC(OC#COC2CC(C)N(C(=O)C(NC(=O)CN)C(C)(C)C)C2)CC1C(=O)NC1CCCc2ccccc21)C(C)(C)C. The Morgan fingerprint density at radius 3 is 2.04 bits per heavy atom. The summed E-state index contributed by atoms with van der Waals surface area (Å²) < 4.78 is 11.7. The molecule has 6 N–H and O–H groups in total. The van der Waals surface area contributed by atoms with E-state index in [1.54, 1.807) is 11.9 Å². The normalized spacial score (nSPS) is 23.8. The van der Waals surface area contributed by atoms with Gasteiger partial charge in [-0.2, -0.15) is 0 Å². The maximum atomic E-state index is 14.2. The molecular weight excluding hydrogens is 678 g/mol. The summed E-state index contributed by atoms with van der Waals surface area (Å²) in [7, 11) is 1.65. The number of rotatable bonds is 11. The topological polar surface area (TPSA) is 184 Å². The van der Waals surface area contributed by atoms with Crippen LogP contribution in [0.3, 0.4) is 0 Å². The highest BCUT2D eigenvalue weighted by molar-refractivity contribution is 5.93. The summed E-state index contributed by atoms with van der Waals surface area (Å²) >= 11 is 0. The molecule has 292 valence electrons. The fourth-order valence-corrected chi connectivity index (χ4v) is 7.36. The van der Waals surface area contributed by atoms with E-state index in [-0.39, 0.29) is 74.4 Å². The van der Waals surface area contributed by atoms with E-state index in [4.69, 9.17) is 15.2 Å². The number of nitrogens with one attached hydrogen (secondary N) is 4. The van der Waals surface area contributed by atoms with E-state index in [0.717, 1.165) is 24.8 Å². The molecule has 7 unspecified atom stereocenters. The Morgan fingerprint density at radius 1 is 0.868 bits per heavy atom. The number of carbonyl (C=O) groups is 5. The van der Waals surface area contributed by atoms with E-state index in [9.17, 15) is 24.0 Å². The third-order valence-electron chi connectivity index (χ3n) is 10.2. The van der Waals surface area contributed by atoms with E-state index < -0.39 is 41.0 Å². The Balaban J connectivity index is 1.46. The van der Waals surface area contributed by atoms with Gasteiger partial charge in [-0.25, -0.2) is 0 Å². The first-order valence-corrected chi connectivity index (χ1v) is 18.7. The molecule has 14 heteroatoms. The number of ether oxygens (including phenoxy) is 2. The first-order chi connectivity index (χ1) is 24.9. The molecule has 1 aliphatic carbocycles. The standard InChI is InChI=1S/C39H59N7O7/c1-24-18-26(22-45(24)36(50)33(38(2,3)4)43-31(47)20-40)52-16-17-53-27-19-30(35(49)42-29-15-11-13-25-12-9-10-14-28(25)29)46(23-27)37(51)34(39(5,6)7)44-32(48)21-41-8/h9-10,12,14,24,26-27,29-30,33-34,41H,11,13,15,18-23,40H2,1-8H3,(H,42,49)(H,43,47)(H,44,48). The number of hydrogen-bond acceptors (Lipinski definition) is 9. The predicted octanol–water partition coefficient (Wildman–Crippen LogP) is 1.33. The first kappa shape index (κ1) is 41.4. The molecule has 0 radical (unpaired) electrons. The van der Waals surface area contributed by atoms with Crippen LogP contribution in [0.5, 0.6) is 0 Å². The van der Waals surface area contributed by atoms with E-state index in [0.29, 0.717) is 6.42 Å². The van der Waals surface area contributed by atoms with Gasteiger partial charge in [-0.3, -0.25) is 24.0 Å². The van der Waals surface area contributed by atoms with Crippen molar-refractivity contribution in [3.63, 3.8) is 0 Å². The average Bonchev–Trinajstić information content (AvgIpc) is 3.70. The van der Waals surface area contributed by atoms with Gasteiger partial charge >= 0.3 is 0 Å². The zero-order chi connectivity index (χ0) is 39.1. The van der Waals surface area contributed by atoms with Crippen LogP contribution in [0.2, 0.25) is 0 Å². The number of nitrogens with two attached hydrogens (primary N) is 1. The number of likely N-dealkylation sites (N-methyl/N-ethyl adjacent to an activating group) is 1. The number of aryl methyl sites for hydroxylation is 1. The van der Waals surface area contributed by atoms with Gasteiger partial charge in [0.15, 0.2) is 12.2 Å². The lowest BCUT2D eigenvalue weighted by Gasteiger charge is -2.36. The highest BCUT2D eigenvalue weighted by Gasteiger charge is 2.46. The summed E-state index contributed by atoms with van der Waals surface area (Å²) in [5.74, 6) is -1.60. The van der Waals surface area contributed by atoms with E-state index in [1.165, 1.54) is 10.5 Å². The van der Waals surface area contributed by atoms with Crippen molar-refractivity contribution in [2.75, 3.05) is 33.2 Å². The van der Waals surface area contributed by atoms with E-state index in [1.807, 2.05) is 66.7 Å². The zero-order valence-corrected chi connectivity index (χ0v) is 32.5. The molecule has 2 heterocycles. The monoisotopic (exact) mass is 737 g/mol. The second-order valence-electron chi connectivity index (χ2n) is 16.6.